The first-order valence-corrected chi connectivity index (χ1v) is 10.1. The summed E-state index contributed by atoms with van der Waals surface area (Å²) in [6.45, 7) is 2.21. The molecule has 3 amide bonds. The van der Waals surface area contributed by atoms with Crippen molar-refractivity contribution in [3.63, 3.8) is 0 Å². The summed E-state index contributed by atoms with van der Waals surface area (Å²) in [6, 6.07) is 5.69. The number of urea groups is 1. The average Bonchev–Trinajstić information content (AvgIpc) is 2.69. The highest BCUT2D eigenvalue weighted by atomic mass is 79.9. The molecule has 0 radical (unpaired) electrons. The Balaban J connectivity index is 1.54. The Morgan fingerprint density at radius 1 is 1.08 bits per heavy atom. The van der Waals surface area contributed by atoms with Gasteiger partial charge in [-0.3, -0.25) is 4.79 Å². The molecule has 0 atom stereocenters. The van der Waals surface area contributed by atoms with E-state index in [1.165, 1.54) is 19.3 Å². The highest BCUT2D eigenvalue weighted by molar-refractivity contribution is 9.10. The van der Waals surface area contributed by atoms with Gasteiger partial charge in [0.2, 0.25) is 0 Å². The summed E-state index contributed by atoms with van der Waals surface area (Å²) in [5, 5.41) is 3.15. The quantitative estimate of drug-likeness (QED) is 0.811. The molecular weight excluding hydrogens is 398 g/mol. The second-order valence-corrected chi connectivity index (χ2v) is 7.76. The highest BCUT2D eigenvalue weighted by Crippen LogP contribution is 2.24. The van der Waals surface area contributed by atoms with E-state index in [-0.39, 0.29) is 11.9 Å². The van der Waals surface area contributed by atoms with E-state index in [2.05, 4.69) is 21.2 Å². The Morgan fingerprint density at radius 2 is 1.73 bits per heavy atom. The maximum absolute atomic E-state index is 12.8. The number of hydrogen-bond donors (Lipinski definition) is 1. The number of halogens is 1. The number of hydrogen-bond acceptors (Lipinski definition) is 3. The highest BCUT2D eigenvalue weighted by Gasteiger charge is 2.27. The van der Waals surface area contributed by atoms with Gasteiger partial charge in [0.15, 0.2) is 0 Å². The van der Waals surface area contributed by atoms with Gasteiger partial charge in [-0.25, -0.2) is 4.79 Å². The third-order valence-electron chi connectivity index (χ3n) is 5.19. The number of benzene rings is 1. The Kier molecular flexibility index (Phi) is 6.40. The maximum atomic E-state index is 12.8. The molecule has 1 aliphatic carbocycles. The van der Waals surface area contributed by atoms with Crippen molar-refractivity contribution in [2.24, 2.45) is 0 Å². The Morgan fingerprint density at radius 3 is 2.38 bits per heavy atom. The second kappa shape index (κ2) is 8.75. The van der Waals surface area contributed by atoms with Gasteiger partial charge in [0, 0.05) is 36.7 Å². The number of nitrogens with zero attached hydrogens (tertiary/aromatic N) is 2. The molecule has 0 aromatic heterocycles. The normalized spacial score (nSPS) is 18.5. The minimum atomic E-state index is -0.0388. The van der Waals surface area contributed by atoms with Crippen molar-refractivity contribution < 1.29 is 14.3 Å². The molecule has 1 N–H and O–H groups in total. The number of carbonyl (C=O) groups is 2. The standard InChI is InChI=1S/C19H26BrN3O3/c1-26-15-7-8-17(20)16(13-15)18(24)22-9-11-23(12-10-22)19(25)21-14-5-3-2-4-6-14/h7-8,13-14H,2-6,9-12H2,1H3,(H,21,25). The van der Waals surface area contributed by atoms with E-state index in [1.54, 1.807) is 18.1 Å². The lowest BCUT2D eigenvalue weighted by molar-refractivity contribution is 0.0661. The van der Waals surface area contributed by atoms with E-state index in [0.717, 1.165) is 17.3 Å². The van der Waals surface area contributed by atoms with E-state index in [4.69, 9.17) is 4.74 Å². The maximum Gasteiger partial charge on any atom is 0.317 e. The fraction of sp³-hybridized carbons (Fsp3) is 0.579. The molecule has 142 valence electrons. The number of ether oxygens (including phenoxy) is 1. The molecule has 7 heteroatoms. The van der Waals surface area contributed by atoms with Crippen LogP contribution in [0.15, 0.2) is 22.7 Å². The van der Waals surface area contributed by atoms with Crippen LogP contribution in [-0.4, -0.2) is 61.1 Å². The van der Waals surface area contributed by atoms with Gasteiger partial charge < -0.3 is 19.9 Å². The first kappa shape index (κ1) is 19.0. The Bertz CT molecular complexity index is 653. The molecule has 1 saturated heterocycles. The Hall–Kier alpha value is -1.76. The van der Waals surface area contributed by atoms with Crippen LogP contribution >= 0.6 is 15.9 Å². The third kappa shape index (κ3) is 4.50. The molecule has 3 rings (SSSR count). The molecule has 1 aliphatic heterocycles. The van der Waals surface area contributed by atoms with Crippen molar-refractivity contribution in [1.82, 2.24) is 15.1 Å². The molecule has 6 nitrogen and oxygen atoms in total. The van der Waals surface area contributed by atoms with Gasteiger partial charge in [0.05, 0.1) is 12.7 Å². The topological polar surface area (TPSA) is 61.9 Å². The molecule has 1 aromatic rings. The summed E-state index contributed by atoms with van der Waals surface area (Å²) < 4.78 is 5.97. The van der Waals surface area contributed by atoms with Crippen molar-refractivity contribution in [1.29, 1.82) is 0 Å². The molecule has 1 aromatic carbocycles. The van der Waals surface area contributed by atoms with E-state index >= 15 is 0 Å². The largest absolute Gasteiger partial charge is 0.497 e. The Labute approximate surface area is 163 Å². The average molecular weight is 424 g/mol. The van der Waals surface area contributed by atoms with Gasteiger partial charge in [0.25, 0.3) is 5.91 Å². The number of rotatable bonds is 3. The SMILES string of the molecule is COc1ccc(Br)c(C(=O)N2CCN(C(=O)NC3CCCCC3)CC2)c1. The molecule has 26 heavy (non-hydrogen) atoms. The van der Waals surface area contributed by atoms with Crippen molar-refractivity contribution in [2.45, 2.75) is 38.1 Å². The molecule has 0 unspecified atom stereocenters. The van der Waals surface area contributed by atoms with Crippen molar-refractivity contribution in [3.05, 3.63) is 28.2 Å². The van der Waals surface area contributed by atoms with Gasteiger partial charge in [-0.2, -0.15) is 0 Å². The van der Waals surface area contributed by atoms with Gasteiger partial charge in [0.1, 0.15) is 5.75 Å². The van der Waals surface area contributed by atoms with Crippen LogP contribution in [0, 0.1) is 0 Å². The first-order valence-electron chi connectivity index (χ1n) is 9.26. The van der Waals surface area contributed by atoms with E-state index < -0.39 is 0 Å². The van der Waals surface area contributed by atoms with E-state index in [1.807, 2.05) is 17.0 Å². The summed E-state index contributed by atoms with van der Waals surface area (Å²) in [5.74, 6) is 0.616. The lowest BCUT2D eigenvalue weighted by Gasteiger charge is -2.36. The zero-order valence-corrected chi connectivity index (χ0v) is 16.8. The van der Waals surface area contributed by atoms with Crippen LogP contribution < -0.4 is 10.1 Å². The van der Waals surface area contributed by atoms with Crippen LogP contribution in [-0.2, 0) is 0 Å². The molecule has 1 saturated carbocycles. The number of nitrogens with one attached hydrogen (secondary N) is 1. The van der Waals surface area contributed by atoms with Crippen LogP contribution in [0.1, 0.15) is 42.5 Å². The summed E-state index contributed by atoms with van der Waals surface area (Å²) in [7, 11) is 1.58. The van der Waals surface area contributed by atoms with Crippen LogP contribution in [0.5, 0.6) is 5.75 Å². The molecular formula is C19H26BrN3O3. The van der Waals surface area contributed by atoms with Crippen LogP contribution in [0.25, 0.3) is 0 Å². The van der Waals surface area contributed by atoms with Gasteiger partial charge in [-0.05, 0) is 47.0 Å². The summed E-state index contributed by atoms with van der Waals surface area (Å²) in [4.78, 5) is 28.9. The number of amides is 3. The fourth-order valence-corrected chi connectivity index (χ4v) is 4.01. The van der Waals surface area contributed by atoms with E-state index in [0.29, 0.717) is 43.5 Å². The molecule has 0 bridgehead atoms. The minimum Gasteiger partial charge on any atom is -0.497 e. The predicted molar refractivity (Wildman–Crippen MR) is 104 cm³/mol. The number of methoxy groups -OCH3 is 1. The van der Waals surface area contributed by atoms with Gasteiger partial charge in [-0.1, -0.05) is 19.3 Å². The van der Waals surface area contributed by atoms with Crippen LogP contribution in [0.4, 0.5) is 4.79 Å². The lowest BCUT2D eigenvalue weighted by atomic mass is 9.96. The zero-order chi connectivity index (χ0) is 18.5. The summed E-state index contributed by atoms with van der Waals surface area (Å²) in [6.07, 6.45) is 5.82. The number of carbonyl (C=O) groups excluding carboxylic acids is 2. The summed E-state index contributed by atoms with van der Waals surface area (Å²) in [5.41, 5.74) is 0.587. The lowest BCUT2D eigenvalue weighted by Crippen LogP contribution is -2.54. The predicted octanol–water partition coefficient (Wildman–Crippen LogP) is 3.26. The smallest absolute Gasteiger partial charge is 0.317 e. The van der Waals surface area contributed by atoms with Gasteiger partial charge >= 0.3 is 6.03 Å². The van der Waals surface area contributed by atoms with Crippen LogP contribution in [0.3, 0.4) is 0 Å². The zero-order valence-electron chi connectivity index (χ0n) is 15.2. The fourth-order valence-electron chi connectivity index (χ4n) is 3.59. The molecule has 2 fully saturated rings. The molecule has 2 aliphatic rings. The van der Waals surface area contributed by atoms with Crippen LogP contribution in [0.2, 0.25) is 0 Å². The van der Waals surface area contributed by atoms with Crippen molar-refractivity contribution >= 4 is 27.9 Å². The van der Waals surface area contributed by atoms with Crippen molar-refractivity contribution in [2.75, 3.05) is 33.3 Å². The minimum absolute atomic E-state index is 0.00607. The van der Waals surface area contributed by atoms with Crippen molar-refractivity contribution in [3.8, 4) is 5.75 Å². The third-order valence-corrected chi connectivity index (χ3v) is 5.88. The van der Waals surface area contributed by atoms with Gasteiger partial charge in [-0.15, -0.1) is 0 Å². The first-order chi connectivity index (χ1) is 12.6. The number of piperazine rings is 1. The summed E-state index contributed by atoms with van der Waals surface area (Å²) >= 11 is 3.44. The van der Waals surface area contributed by atoms with E-state index in [9.17, 15) is 9.59 Å². The molecule has 0 spiro atoms. The molecule has 1 heterocycles. The monoisotopic (exact) mass is 423 g/mol. The second-order valence-electron chi connectivity index (χ2n) is 6.91.